The van der Waals surface area contributed by atoms with Crippen molar-refractivity contribution < 1.29 is 47.0 Å². The van der Waals surface area contributed by atoms with Gasteiger partial charge in [-0.15, -0.1) is 0 Å². The molecule has 4 N–H and O–H groups in total. The van der Waals surface area contributed by atoms with Crippen molar-refractivity contribution in [3.05, 3.63) is 77.7 Å². The number of carbonyl (C=O) groups excluding carboxylic acids is 5. The molecule has 4 aromatic rings. The van der Waals surface area contributed by atoms with E-state index in [-0.39, 0.29) is 72.0 Å². The number of piperidine rings is 2. The lowest BCUT2D eigenvalue weighted by molar-refractivity contribution is -0.138. The summed E-state index contributed by atoms with van der Waals surface area (Å²) in [6, 6.07) is 10.3. The molecule has 16 nitrogen and oxygen atoms in total. The molecule has 2 saturated heterocycles. The summed E-state index contributed by atoms with van der Waals surface area (Å²) >= 11 is 1.53. The van der Waals surface area contributed by atoms with E-state index in [1.807, 2.05) is 12.1 Å². The third-order valence-corrected chi connectivity index (χ3v) is 10.6. The highest BCUT2D eigenvalue weighted by atomic mass is 32.2. The molecule has 0 spiro atoms. The van der Waals surface area contributed by atoms with Crippen molar-refractivity contribution >= 4 is 53.1 Å². The maximum atomic E-state index is 13.9. The van der Waals surface area contributed by atoms with Crippen molar-refractivity contribution in [1.29, 1.82) is 0 Å². The van der Waals surface area contributed by atoms with Gasteiger partial charge in [0, 0.05) is 54.1 Å². The van der Waals surface area contributed by atoms with Gasteiger partial charge in [0.25, 0.3) is 17.7 Å². The zero-order valence-corrected chi connectivity index (χ0v) is 32.0. The number of rotatable bonds is 12. The number of carbonyl (C=O) groups is 5. The molecule has 1 unspecified atom stereocenters. The van der Waals surface area contributed by atoms with Crippen LogP contribution < -0.4 is 20.7 Å². The number of amides is 5. The van der Waals surface area contributed by atoms with Gasteiger partial charge in [0.05, 0.1) is 35.2 Å². The Kier molecular flexibility index (Phi) is 11.3. The zero-order chi connectivity index (χ0) is 41.4. The largest absolute Gasteiger partial charge is 0.484 e. The van der Waals surface area contributed by atoms with Gasteiger partial charge in [-0.05, 0) is 87.5 Å². The molecule has 20 heteroatoms. The smallest absolute Gasteiger partial charge is 0.419 e. The molecule has 304 valence electrons. The molecule has 0 bridgehead atoms. The minimum absolute atomic E-state index is 0.0115. The first-order valence-corrected chi connectivity index (χ1v) is 19.1. The molecule has 58 heavy (non-hydrogen) atoms. The van der Waals surface area contributed by atoms with E-state index in [4.69, 9.17) is 4.74 Å². The van der Waals surface area contributed by atoms with E-state index in [9.17, 15) is 42.3 Å². The first-order chi connectivity index (χ1) is 27.5. The van der Waals surface area contributed by atoms with Crippen molar-refractivity contribution in [1.82, 2.24) is 39.6 Å². The maximum Gasteiger partial charge on any atom is 0.419 e. The Balaban J connectivity index is 0.874. The maximum absolute atomic E-state index is 13.9. The molecular formula is C38H38F3N9O7S. The van der Waals surface area contributed by atoms with E-state index >= 15 is 0 Å². The van der Waals surface area contributed by atoms with Gasteiger partial charge in [0.1, 0.15) is 17.4 Å². The predicted octanol–water partition coefficient (Wildman–Crippen LogP) is 3.94. The Bertz CT molecular complexity index is 2250. The number of fused-ring (bicyclic) bond motifs is 1. The van der Waals surface area contributed by atoms with Crippen LogP contribution in [-0.4, -0.2) is 101 Å². The molecule has 0 radical (unpaired) electrons. The number of anilines is 2. The van der Waals surface area contributed by atoms with Gasteiger partial charge in [-0.2, -0.15) is 18.3 Å². The highest BCUT2D eigenvalue weighted by molar-refractivity contribution is 7.97. The van der Waals surface area contributed by atoms with Gasteiger partial charge in [0.15, 0.2) is 6.61 Å². The standard InChI is InChI=1S/C38H38F3N9O7S/c1-37(2,56)20-48-18-21(16-43-48)32-28(38(39,40)41)17-42-36(47-32)45-22-3-6-25(7-4-22)58-49-13-11-23(12-14-49)44-31(52)19-57-24-5-8-26-27(15-24)35(55)50(34(26)54)29-9-10-30(51)46-33(29)53/h3-8,15-18,23,29,56H,9-14,19-20H2,1-2H3,(H,44,52)(H,42,45,47)(H,46,51,53). The first-order valence-electron chi connectivity index (χ1n) is 18.3. The average Bonchev–Trinajstić information content (AvgIpc) is 3.72. The number of hydrogen-bond donors (Lipinski definition) is 4. The van der Waals surface area contributed by atoms with E-state index in [0.717, 1.165) is 16.0 Å². The van der Waals surface area contributed by atoms with Crippen molar-refractivity contribution in [2.75, 3.05) is 25.0 Å². The molecule has 7 rings (SSSR count). The van der Waals surface area contributed by atoms with Crippen molar-refractivity contribution in [3.8, 4) is 17.0 Å². The van der Waals surface area contributed by atoms with E-state index < -0.39 is 47.0 Å². The number of nitrogens with one attached hydrogen (secondary N) is 3. The quantitative estimate of drug-likeness (QED) is 0.118. The van der Waals surface area contributed by atoms with Crippen LogP contribution in [0, 0.1) is 0 Å². The Morgan fingerprint density at radius 3 is 2.41 bits per heavy atom. The molecule has 5 amide bonds. The summed E-state index contributed by atoms with van der Waals surface area (Å²) in [4.78, 5) is 72.5. The van der Waals surface area contributed by atoms with Crippen LogP contribution >= 0.6 is 11.9 Å². The molecular weight excluding hydrogens is 784 g/mol. The number of aliphatic hydroxyl groups is 1. The highest BCUT2D eigenvalue weighted by Gasteiger charge is 2.45. The fourth-order valence-electron chi connectivity index (χ4n) is 6.77. The molecule has 2 aromatic heterocycles. The van der Waals surface area contributed by atoms with Gasteiger partial charge in [0.2, 0.25) is 17.8 Å². The van der Waals surface area contributed by atoms with Crippen molar-refractivity contribution in [2.45, 2.75) is 74.8 Å². The molecule has 2 aromatic carbocycles. The molecule has 2 fully saturated rings. The van der Waals surface area contributed by atoms with E-state index in [0.29, 0.717) is 31.6 Å². The number of halogens is 3. The third-order valence-electron chi connectivity index (χ3n) is 9.49. The van der Waals surface area contributed by atoms with Crippen LogP contribution in [0.5, 0.6) is 5.75 Å². The summed E-state index contributed by atoms with van der Waals surface area (Å²) in [6.07, 6.45) is 0.0834. The van der Waals surface area contributed by atoms with Crippen LogP contribution in [0.15, 0.2) is 66.0 Å². The van der Waals surface area contributed by atoms with Gasteiger partial charge in [-0.1, -0.05) is 0 Å². The second-order valence-electron chi connectivity index (χ2n) is 14.6. The summed E-state index contributed by atoms with van der Waals surface area (Å²) in [5.74, 6) is -2.66. The Morgan fingerprint density at radius 1 is 1.00 bits per heavy atom. The van der Waals surface area contributed by atoms with Gasteiger partial charge in [-0.3, -0.25) is 38.9 Å². The fraction of sp³-hybridized carbons (Fsp3) is 0.368. The molecule has 3 aliphatic heterocycles. The van der Waals surface area contributed by atoms with E-state index in [2.05, 4.69) is 35.3 Å². The van der Waals surface area contributed by atoms with Crippen LogP contribution in [0.3, 0.4) is 0 Å². The van der Waals surface area contributed by atoms with Crippen LogP contribution in [0.2, 0.25) is 0 Å². The Hall–Kier alpha value is -5.86. The zero-order valence-electron chi connectivity index (χ0n) is 31.2. The number of alkyl halides is 3. The average molecular weight is 822 g/mol. The summed E-state index contributed by atoms with van der Waals surface area (Å²) in [7, 11) is 0. The predicted molar refractivity (Wildman–Crippen MR) is 201 cm³/mol. The van der Waals surface area contributed by atoms with Crippen LogP contribution in [0.4, 0.5) is 24.8 Å². The second kappa shape index (κ2) is 16.2. The monoisotopic (exact) mass is 821 g/mol. The third kappa shape index (κ3) is 9.29. The van der Waals surface area contributed by atoms with Crippen LogP contribution in [0.1, 0.15) is 65.8 Å². The number of ether oxygens (including phenoxy) is 1. The molecule has 0 saturated carbocycles. The van der Waals surface area contributed by atoms with E-state index in [1.165, 1.54) is 47.2 Å². The summed E-state index contributed by atoms with van der Waals surface area (Å²) in [5, 5.41) is 22.2. The normalized spacial score (nSPS) is 18.0. The van der Waals surface area contributed by atoms with Crippen molar-refractivity contribution in [3.63, 3.8) is 0 Å². The Labute approximate surface area is 333 Å². The summed E-state index contributed by atoms with van der Waals surface area (Å²) < 4.78 is 50.7. The first kappa shape index (κ1) is 40.3. The van der Waals surface area contributed by atoms with Gasteiger partial charge in [-0.25, -0.2) is 14.3 Å². The van der Waals surface area contributed by atoms with Crippen LogP contribution in [0.25, 0.3) is 11.3 Å². The lowest BCUT2D eigenvalue weighted by atomic mass is 10.0. The number of imide groups is 2. The lowest BCUT2D eigenvalue weighted by Gasteiger charge is -2.31. The summed E-state index contributed by atoms with van der Waals surface area (Å²) in [5.41, 5.74) is -1.63. The Morgan fingerprint density at radius 2 is 1.72 bits per heavy atom. The molecule has 5 heterocycles. The molecule has 1 atom stereocenters. The van der Waals surface area contributed by atoms with E-state index in [1.54, 1.807) is 26.0 Å². The fourth-order valence-corrected chi connectivity index (χ4v) is 7.71. The highest BCUT2D eigenvalue weighted by Crippen LogP contribution is 2.37. The number of aromatic nitrogens is 4. The minimum Gasteiger partial charge on any atom is -0.484 e. The number of hydrogen-bond acceptors (Lipinski definition) is 13. The number of benzene rings is 2. The lowest BCUT2D eigenvalue weighted by Crippen LogP contribution is -2.54. The van der Waals surface area contributed by atoms with Crippen LogP contribution in [-0.2, 0) is 27.1 Å². The second-order valence-corrected chi connectivity index (χ2v) is 15.8. The number of nitrogens with zero attached hydrogens (tertiary/aromatic N) is 6. The summed E-state index contributed by atoms with van der Waals surface area (Å²) in [6.45, 7) is 4.24. The minimum atomic E-state index is -4.70. The van der Waals surface area contributed by atoms with Gasteiger partial charge >= 0.3 is 6.18 Å². The van der Waals surface area contributed by atoms with Gasteiger partial charge < -0.3 is 20.5 Å². The molecule has 0 aliphatic carbocycles. The van der Waals surface area contributed by atoms with Crippen molar-refractivity contribution in [2.24, 2.45) is 0 Å². The molecule has 3 aliphatic rings. The topological polar surface area (TPSA) is 201 Å². The SMILES string of the molecule is CC(C)(O)Cn1cc(-c2nc(Nc3ccc(SN4CCC(NC(=O)COc5ccc6c(c5)C(=O)N(C5CCC(=O)NC5=O)C6=O)CC4)cc3)ncc2C(F)(F)F)cn1.